The van der Waals surface area contributed by atoms with Crippen molar-refractivity contribution in [1.82, 2.24) is 0 Å². The molecular formula is C11H15FO2. The van der Waals surface area contributed by atoms with Gasteiger partial charge >= 0.3 is 0 Å². The minimum absolute atomic E-state index is 0.119. The molecule has 0 saturated heterocycles. The van der Waals surface area contributed by atoms with Crippen molar-refractivity contribution in [2.45, 2.75) is 13.3 Å². The number of benzene rings is 1. The highest BCUT2D eigenvalue weighted by Gasteiger charge is 2.06. The molecule has 0 aromatic heterocycles. The Morgan fingerprint density at radius 3 is 2.71 bits per heavy atom. The molecule has 0 spiro atoms. The average molecular weight is 198 g/mol. The molecule has 3 heteroatoms. The van der Waals surface area contributed by atoms with E-state index in [2.05, 4.69) is 0 Å². The van der Waals surface area contributed by atoms with Crippen LogP contribution in [0, 0.1) is 11.7 Å². The van der Waals surface area contributed by atoms with Gasteiger partial charge in [0.15, 0.2) is 11.6 Å². The summed E-state index contributed by atoms with van der Waals surface area (Å²) in [6.07, 6.45) is 0.678. The molecule has 1 rings (SSSR count). The Balaban J connectivity index is 2.76. The minimum atomic E-state index is -0.352. The van der Waals surface area contributed by atoms with Gasteiger partial charge in [-0.2, -0.15) is 0 Å². The zero-order valence-electron chi connectivity index (χ0n) is 8.46. The summed E-state index contributed by atoms with van der Waals surface area (Å²) in [6.45, 7) is 2.04. The zero-order valence-corrected chi connectivity index (χ0v) is 8.46. The Morgan fingerprint density at radius 1 is 1.50 bits per heavy atom. The Bertz CT molecular complexity index is 299. The molecule has 0 fully saturated rings. The van der Waals surface area contributed by atoms with Gasteiger partial charge in [0.05, 0.1) is 7.11 Å². The molecule has 0 unspecified atom stereocenters. The quantitative estimate of drug-likeness (QED) is 0.801. The number of ether oxygens (including phenoxy) is 1. The van der Waals surface area contributed by atoms with Gasteiger partial charge in [0.25, 0.3) is 0 Å². The monoisotopic (exact) mass is 198 g/mol. The van der Waals surface area contributed by atoms with Gasteiger partial charge in [0, 0.05) is 6.61 Å². The molecule has 0 bridgehead atoms. The normalized spacial score (nSPS) is 12.6. The van der Waals surface area contributed by atoms with Crippen molar-refractivity contribution in [3.05, 3.63) is 29.6 Å². The van der Waals surface area contributed by atoms with E-state index in [-0.39, 0.29) is 24.1 Å². The van der Waals surface area contributed by atoms with Crippen LogP contribution in [0.4, 0.5) is 4.39 Å². The van der Waals surface area contributed by atoms with Crippen LogP contribution in [0.5, 0.6) is 5.75 Å². The summed E-state index contributed by atoms with van der Waals surface area (Å²) < 4.78 is 18.0. The summed E-state index contributed by atoms with van der Waals surface area (Å²) in [7, 11) is 1.44. The molecule has 1 aromatic rings. The summed E-state index contributed by atoms with van der Waals surface area (Å²) in [4.78, 5) is 0. The lowest BCUT2D eigenvalue weighted by Crippen LogP contribution is -2.04. The van der Waals surface area contributed by atoms with Gasteiger partial charge in [-0.25, -0.2) is 4.39 Å². The molecule has 0 aliphatic carbocycles. The lowest BCUT2D eigenvalue weighted by Gasteiger charge is -2.08. The molecule has 1 N–H and O–H groups in total. The third-order valence-electron chi connectivity index (χ3n) is 2.11. The standard InChI is InChI=1S/C11H15FO2/c1-8(7-13)5-9-3-4-11(14-2)10(12)6-9/h3-4,6,8,13H,5,7H2,1-2H3/t8-/m0/s1. The number of hydrogen-bond donors (Lipinski definition) is 1. The molecular weight excluding hydrogens is 183 g/mol. The van der Waals surface area contributed by atoms with Crippen LogP contribution in [0.15, 0.2) is 18.2 Å². The van der Waals surface area contributed by atoms with E-state index in [1.807, 2.05) is 13.0 Å². The van der Waals surface area contributed by atoms with Gasteiger partial charge in [-0.05, 0) is 30.0 Å². The summed E-state index contributed by atoms with van der Waals surface area (Å²) in [5.41, 5.74) is 0.879. The minimum Gasteiger partial charge on any atom is -0.494 e. The van der Waals surface area contributed by atoms with Gasteiger partial charge in [0.1, 0.15) is 0 Å². The largest absolute Gasteiger partial charge is 0.494 e. The second-order valence-corrected chi connectivity index (χ2v) is 3.46. The Kier molecular flexibility index (Phi) is 3.89. The van der Waals surface area contributed by atoms with Crippen molar-refractivity contribution in [2.24, 2.45) is 5.92 Å². The van der Waals surface area contributed by atoms with Gasteiger partial charge in [0.2, 0.25) is 0 Å². The smallest absolute Gasteiger partial charge is 0.165 e. The first kappa shape index (κ1) is 11.0. The van der Waals surface area contributed by atoms with Crippen molar-refractivity contribution < 1.29 is 14.2 Å². The SMILES string of the molecule is COc1ccc(C[C@H](C)CO)cc1F. The second kappa shape index (κ2) is 4.96. The van der Waals surface area contributed by atoms with Crippen molar-refractivity contribution in [3.8, 4) is 5.75 Å². The van der Waals surface area contributed by atoms with Gasteiger partial charge in [-0.1, -0.05) is 13.0 Å². The van der Waals surface area contributed by atoms with Crippen LogP contribution in [0.1, 0.15) is 12.5 Å². The molecule has 1 aromatic carbocycles. The van der Waals surface area contributed by atoms with Crippen LogP contribution in [0.25, 0.3) is 0 Å². The predicted molar refractivity (Wildman–Crippen MR) is 52.9 cm³/mol. The summed E-state index contributed by atoms with van der Waals surface area (Å²) >= 11 is 0. The molecule has 0 saturated carbocycles. The summed E-state index contributed by atoms with van der Waals surface area (Å²) in [6, 6.07) is 4.87. The molecule has 1 atom stereocenters. The van der Waals surface area contributed by atoms with Crippen molar-refractivity contribution in [2.75, 3.05) is 13.7 Å². The van der Waals surface area contributed by atoms with Crippen molar-refractivity contribution in [1.29, 1.82) is 0 Å². The van der Waals surface area contributed by atoms with E-state index < -0.39 is 0 Å². The molecule has 0 radical (unpaired) electrons. The number of rotatable bonds is 4. The molecule has 2 nitrogen and oxygen atoms in total. The molecule has 0 aliphatic heterocycles. The number of aliphatic hydroxyl groups is 1. The first-order valence-electron chi connectivity index (χ1n) is 4.60. The predicted octanol–water partition coefficient (Wildman–Crippen LogP) is 2.01. The highest BCUT2D eigenvalue weighted by atomic mass is 19.1. The van der Waals surface area contributed by atoms with E-state index in [0.29, 0.717) is 6.42 Å². The van der Waals surface area contributed by atoms with Crippen LogP contribution in [-0.4, -0.2) is 18.8 Å². The highest BCUT2D eigenvalue weighted by molar-refractivity contribution is 5.29. The van der Waals surface area contributed by atoms with E-state index >= 15 is 0 Å². The number of halogens is 1. The molecule has 0 heterocycles. The van der Waals surface area contributed by atoms with E-state index in [1.54, 1.807) is 6.07 Å². The summed E-state index contributed by atoms with van der Waals surface area (Å²) in [5, 5.41) is 8.85. The Hall–Kier alpha value is -1.09. The first-order chi connectivity index (χ1) is 6.67. The number of aliphatic hydroxyl groups excluding tert-OH is 1. The lowest BCUT2D eigenvalue weighted by atomic mass is 10.0. The van der Waals surface area contributed by atoms with Gasteiger partial charge in [-0.15, -0.1) is 0 Å². The maximum atomic E-state index is 13.2. The third-order valence-corrected chi connectivity index (χ3v) is 2.11. The molecule has 14 heavy (non-hydrogen) atoms. The van der Waals surface area contributed by atoms with Gasteiger partial charge in [-0.3, -0.25) is 0 Å². The van der Waals surface area contributed by atoms with E-state index in [1.165, 1.54) is 13.2 Å². The van der Waals surface area contributed by atoms with Crippen LogP contribution in [0.2, 0.25) is 0 Å². The number of methoxy groups -OCH3 is 1. The first-order valence-corrected chi connectivity index (χ1v) is 4.60. The van der Waals surface area contributed by atoms with E-state index in [4.69, 9.17) is 9.84 Å². The lowest BCUT2D eigenvalue weighted by molar-refractivity contribution is 0.237. The average Bonchev–Trinajstić information content (AvgIpc) is 2.18. The maximum absolute atomic E-state index is 13.2. The summed E-state index contributed by atoms with van der Waals surface area (Å²) in [5.74, 6) is 0.0586. The molecule has 78 valence electrons. The Morgan fingerprint density at radius 2 is 2.21 bits per heavy atom. The second-order valence-electron chi connectivity index (χ2n) is 3.46. The van der Waals surface area contributed by atoms with E-state index in [0.717, 1.165) is 5.56 Å². The fraction of sp³-hybridized carbons (Fsp3) is 0.455. The Labute approximate surface area is 83.3 Å². The van der Waals surface area contributed by atoms with Crippen LogP contribution >= 0.6 is 0 Å². The molecule has 0 aliphatic rings. The number of hydrogen-bond acceptors (Lipinski definition) is 2. The van der Waals surface area contributed by atoms with Crippen LogP contribution in [-0.2, 0) is 6.42 Å². The van der Waals surface area contributed by atoms with Crippen molar-refractivity contribution >= 4 is 0 Å². The van der Waals surface area contributed by atoms with E-state index in [9.17, 15) is 4.39 Å². The van der Waals surface area contributed by atoms with Crippen molar-refractivity contribution in [3.63, 3.8) is 0 Å². The van der Waals surface area contributed by atoms with Crippen LogP contribution in [0.3, 0.4) is 0 Å². The third kappa shape index (κ3) is 2.70. The van der Waals surface area contributed by atoms with Crippen LogP contribution < -0.4 is 4.74 Å². The molecule has 0 amide bonds. The fourth-order valence-electron chi connectivity index (χ4n) is 1.30. The zero-order chi connectivity index (χ0) is 10.6. The maximum Gasteiger partial charge on any atom is 0.165 e. The highest BCUT2D eigenvalue weighted by Crippen LogP contribution is 2.19. The topological polar surface area (TPSA) is 29.5 Å². The fourth-order valence-corrected chi connectivity index (χ4v) is 1.30. The van der Waals surface area contributed by atoms with Gasteiger partial charge < -0.3 is 9.84 Å².